The van der Waals surface area contributed by atoms with Gasteiger partial charge in [0.05, 0.1) is 5.75 Å². The monoisotopic (exact) mass is 342 g/mol. The highest BCUT2D eigenvalue weighted by Crippen LogP contribution is 2.29. The Bertz CT molecular complexity index is 467. The van der Waals surface area contributed by atoms with Crippen LogP contribution in [0.15, 0.2) is 27.6 Å². The van der Waals surface area contributed by atoms with Crippen molar-refractivity contribution in [2.75, 3.05) is 24.6 Å². The van der Waals surface area contributed by atoms with Crippen molar-refractivity contribution in [1.82, 2.24) is 4.90 Å². The SMILES string of the molecule is CC1CCCN(C(=O)CSc2ccc(N)cc2Br)C1. The Balaban J connectivity index is 1.89. The van der Waals surface area contributed by atoms with Crippen LogP contribution in [0.25, 0.3) is 0 Å². The van der Waals surface area contributed by atoms with Crippen LogP contribution in [0.2, 0.25) is 0 Å². The Kier molecular flexibility index (Phi) is 5.16. The topological polar surface area (TPSA) is 46.3 Å². The summed E-state index contributed by atoms with van der Waals surface area (Å²) in [6, 6.07) is 5.69. The van der Waals surface area contributed by atoms with E-state index in [1.807, 2.05) is 23.1 Å². The quantitative estimate of drug-likeness (QED) is 0.676. The number of amides is 1. The minimum Gasteiger partial charge on any atom is -0.399 e. The molecular formula is C14H19BrN2OS. The van der Waals surface area contributed by atoms with Gasteiger partial charge in [-0.15, -0.1) is 11.8 Å². The third kappa shape index (κ3) is 4.14. The first-order chi connectivity index (χ1) is 9.06. The minimum atomic E-state index is 0.236. The molecule has 1 unspecified atom stereocenters. The molecular weight excluding hydrogens is 324 g/mol. The van der Waals surface area contributed by atoms with Crippen LogP contribution in [0.5, 0.6) is 0 Å². The van der Waals surface area contributed by atoms with E-state index in [4.69, 9.17) is 5.73 Å². The zero-order chi connectivity index (χ0) is 13.8. The van der Waals surface area contributed by atoms with Crippen LogP contribution in [0.4, 0.5) is 5.69 Å². The van der Waals surface area contributed by atoms with E-state index in [-0.39, 0.29) is 5.91 Å². The fraction of sp³-hybridized carbons (Fsp3) is 0.500. The van der Waals surface area contributed by atoms with E-state index in [0.29, 0.717) is 11.7 Å². The second-order valence-electron chi connectivity index (χ2n) is 5.07. The molecule has 1 atom stereocenters. The van der Waals surface area contributed by atoms with Gasteiger partial charge in [-0.25, -0.2) is 0 Å². The first-order valence-corrected chi connectivity index (χ1v) is 8.29. The molecule has 0 saturated carbocycles. The lowest BCUT2D eigenvalue weighted by atomic mass is 10.0. The average Bonchev–Trinajstić information content (AvgIpc) is 2.37. The summed E-state index contributed by atoms with van der Waals surface area (Å²) in [7, 11) is 0. The number of nitrogens with zero attached hydrogens (tertiary/aromatic N) is 1. The molecule has 1 aromatic carbocycles. The maximum absolute atomic E-state index is 12.2. The van der Waals surface area contributed by atoms with Crippen molar-refractivity contribution in [3.63, 3.8) is 0 Å². The van der Waals surface area contributed by atoms with Crippen LogP contribution >= 0.6 is 27.7 Å². The predicted octanol–water partition coefficient (Wildman–Crippen LogP) is 3.38. The molecule has 1 amide bonds. The number of hydrogen-bond donors (Lipinski definition) is 1. The van der Waals surface area contributed by atoms with Crippen LogP contribution in [0.1, 0.15) is 19.8 Å². The highest BCUT2D eigenvalue weighted by atomic mass is 79.9. The van der Waals surface area contributed by atoms with Crippen LogP contribution in [-0.4, -0.2) is 29.6 Å². The Labute approximate surface area is 127 Å². The molecule has 0 bridgehead atoms. The van der Waals surface area contributed by atoms with Crippen molar-refractivity contribution in [2.24, 2.45) is 5.92 Å². The third-order valence-electron chi connectivity index (χ3n) is 3.32. The molecule has 19 heavy (non-hydrogen) atoms. The van der Waals surface area contributed by atoms with Gasteiger partial charge in [-0.2, -0.15) is 0 Å². The van der Waals surface area contributed by atoms with Crippen molar-refractivity contribution in [2.45, 2.75) is 24.7 Å². The smallest absolute Gasteiger partial charge is 0.232 e. The van der Waals surface area contributed by atoms with E-state index >= 15 is 0 Å². The van der Waals surface area contributed by atoms with Gasteiger partial charge in [-0.1, -0.05) is 6.92 Å². The number of carbonyl (C=O) groups excluding carboxylic acids is 1. The lowest BCUT2D eigenvalue weighted by Gasteiger charge is -2.30. The molecule has 1 heterocycles. The summed E-state index contributed by atoms with van der Waals surface area (Å²) < 4.78 is 0.956. The standard InChI is InChI=1S/C14H19BrN2OS/c1-10-3-2-6-17(8-10)14(18)9-19-13-5-4-11(16)7-12(13)15/h4-5,7,10H,2-3,6,8-9,16H2,1H3. The average molecular weight is 343 g/mol. The number of nitrogen functional groups attached to an aromatic ring is 1. The number of hydrogen-bond acceptors (Lipinski definition) is 3. The van der Waals surface area contributed by atoms with Gasteiger partial charge in [0.1, 0.15) is 0 Å². The molecule has 1 fully saturated rings. The van der Waals surface area contributed by atoms with Gasteiger partial charge in [-0.3, -0.25) is 4.79 Å². The largest absolute Gasteiger partial charge is 0.399 e. The zero-order valence-electron chi connectivity index (χ0n) is 11.1. The number of anilines is 1. The second kappa shape index (κ2) is 6.66. The Morgan fingerprint density at radius 3 is 3.05 bits per heavy atom. The molecule has 1 aromatic rings. The Hall–Kier alpha value is -0.680. The third-order valence-corrected chi connectivity index (χ3v) is 5.29. The van der Waals surface area contributed by atoms with Gasteiger partial charge in [0.2, 0.25) is 5.91 Å². The van der Waals surface area contributed by atoms with Crippen molar-refractivity contribution in [3.8, 4) is 0 Å². The number of piperidine rings is 1. The highest BCUT2D eigenvalue weighted by Gasteiger charge is 2.20. The number of halogens is 1. The summed E-state index contributed by atoms with van der Waals surface area (Å²) in [5.74, 6) is 1.36. The number of carbonyl (C=O) groups is 1. The van der Waals surface area contributed by atoms with Gasteiger partial charge >= 0.3 is 0 Å². The number of nitrogens with two attached hydrogens (primary N) is 1. The number of thioether (sulfide) groups is 1. The van der Waals surface area contributed by atoms with E-state index in [2.05, 4.69) is 22.9 Å². The molecule has 2 N–H and O–H groups in total. The first kappa shape index (κ1) is 14.7. The van der Waals surface area contributed by atoms with Crippen molar-refractivity contribution < 1.29 is 4.79 Å². The van der Waals surface area contributed by atoms with E-state index in [1.165, 1.54) is 6.42 Å². The lowest BCUT2D eigenvalue weighted by Crippen LogP contribution is -2.40. The zero-order valence-corrected chi connectivity index (χ0v) is 13.5. The summed E-state index contributed by atoms with van der Waals surface area (Å²) in [5, 5.41) is 0. The molecule has 104 valence electrons. The molecule has 3 nitrogen and oxygen atoms in total. The highest BCUT2D eigenvalue weighted by molar-refractivity contribution is 9.10. The summed E-state index contributed by atoms with van der Waals surface area (Å²) in [5.41, 5.74) is 6.43. The summed E-state index contributed by atoms with van der Waals surface area (Å²) in [6.07, 6.45) is 2.36. The summed E-state index contributed by atoms with van der Waals surface area (Å²) in [4.78, 5) is 15.2. The van der Waals surface area contributed by atoms with Gasteiger partial charge in [-0.05, 0) is 52.9 Å². The fourth-order valence-corrected chi connectivity index (χ4v) is 3.84. The molecule has 1 aliphatic heterocycles. The maximum atomic E-state index is 12.2. The van der Waals surface area contributed by atoms with Crippen LogP contribution in [-0.2, 0) is 4.79 Å². The maximum Gasteiger partial charge on any atom is 0.232 e. The molecule has 2 rings (SSSR count). The van der Waals surface area contributed by atoms with Crippen molar-refractivity contribution in [1.29, 1.82) is 0 Å². The molecule has 0 spiro atoms. The van der Waals surface area contributed by atoms with Crippen LogP contribution in [0, 0.1) is 5.92 Å². The van der Waals surface area contributed by atoms with Gasteiger partial charge in [0.25, 0.3) is 0 Å². The Morgan fingerprint density at radius 2 is 2.37 bits per heavy atom. The van der Waals surface area contributed by atoms with E-state index < -0.39 is 0 Å². The number of likely N-dealkylation sites (tertiary alicyclic amines) is 1. The van der Waals surface area contributed by atoms with Gasteiger partial charge < -0.3 is 10.6 Å². The molecule has 1 saturated heterocycles. The molecule has 0 aromatic heterocycles. The van der Waals surface area contributed by atoms with E-state index in [9.17, 15) is 4.79 Å². The molecule has 0 radical (unpaired) electrons. The van der Waals surface area contributed by atoms with Gasteiger partial charge in [0, 0.05) is 28.1 Å². The molecule has 0 aliphatic carbocycles. The first-order valence-electron chi connectivity index (χ1n) is 6.52. The second-order valence-corrected chi connectivity index (χ2v) is 6.94. The predicted molar refractivity (Wildman–Crippen MR) is 84.3 cm³/mol. The lowest BCUT2D eigenvalue weighted by molar-refractivity contribution is -0.130. The van der Waals surface area contributed by atoms with E-state index in [1.54, 1.807) is 11.8 Å². The van der Waals surface area contributed by atoms with E-state index in [0.717, 1.165) is 34.6 Å². The Morgan fingerprint density at radius 1 is 1.58 bits per heavy atom. The number of rotatable bonds is 3. The minimum absolute atomic E-state index is 0.236. The summed E-state index contributed by atoms with van der Waals surface area (Å²) in [6.45, 7) is 4.03. The molecule has 5 heteroatoms. The molecule has 1 aliphatic rings. The number of benzene rings is 1. The van der Waals surface area contributed by atoms with Gasteiger partial charge in [0.15, 0.2) is 0 Å². The summed E-state index contributed by atoms with van der Waals surface area (Å²) >= 11 is 5.04. The fourth-order valence-electron chi connectivity index (χ4n) is 2.28. The van der Waals surface area contributed by atoms with Crippen LogP contribution in [0.3, 0.4) is 0 Å². The normalized spacial score (nSPS) is 19.5. The van der Waals surface area contributed by atoms with Crippen molar-refractivity contribution in [3.05, 3.63) is 22.7 Å². The van der Waals surface area contributed by atoms with Crippen LogP contribution < -0.4 is 5.73 Å². The van der Waals surface area contributed by atoms with Crippen molar-refractivity contribution >= 4 is 39.3 Å².